The molecule has 0 spiro atoms. The Balaban J connectivity index is 1.83. The quantitative estimate of drug-likeness (QED) is 0.650. The fourth-order valence-corrected chi connectivity index (χ4v) is 2.91. The largest absolute Gasteiger partial charge is 0.273 e. The van der Waals surface area contributed by atoms with Gasteiger partial charge in [-0.3, -0.25) is 4.79 Å². The monoisotopic (exact) mass is 250 g/mol. The lowest BCUT2D eigenvalue weighted by Crippen LogP contribution is -2.28. The topological polar surface area (TPSA) is 41.5 Å². The fourth-order valence-electron chi connectivity index (χ4n) is 2.13. The van der Waals surface area contributed by atoms with Crippen LogP contribution in [-0.2, 0) is 4.79 Å². The highest BCUT2D eigenvalue weighted by Crippen LogP contribution is 2.23. The molecule has 0 aromatic carbocycles. The highest BCUT2D eigenvalue weighted by molar-refractivity contribution is 7.11. The number of nitrogens with one attached hydrogen (secondary N) is 1. The number of rotatable bonds is 3. The molecule has 0 saturated heterocycles. The average Bonchev–Trinajstić information content (AvgIpc) is 2.76. The van der Waals surface area contributed by atoms with Crippen molar-refractivity contribution in [3.05, 3.63) is 21.9 Å². The number of amides is 1. The van der Waals surface area contributed by atoms with Crippen LogP contribution in [0.25, 0.3) is 0 Å². The van der Waals surface area contributed by atoms with Crippen molar-refractivity contribution in [2.45, 2.75) is 39.0 Å². The Morgan fingerprint density at radius 3 is 2.88 bits per heavy atom. The van der Waals surface area contributed by atoms with Crippen LogP contribution in [0.1, 0.15) is 42.5 Å². The van der Waals surface area contributed by atoms with E-state index < -0.39 is 0 Å². The maximum absolute atomic E-state index is 11.8. The van der Waals surface area contributed by atoms with Crippen molar-refractivity contribution in [1.29, 1.82) is 0 Å². The van der Waals surface area contributed by atoms with E-state index in [1.165, 1.54) is 24.8 Å². The Morgan fingerprint density at radius 1 is 1.47 bits per heavy atom. The maximum atomic E-state index is 11.8. The zero-order chi connectivity index (χ0) is 12.1. The molecule has 1 amide bonds. The van der Waals surface area contributed by atoms with Crippen molar-refractivity contribution in [3.63, 3.8) is 0 Å². The Hall–Kier alpha value is -1.16. The Morgan fingerprint density at radius 2 is 2.24 bits per heavy atom. The van der Waals surface area contributed by atoms with Crippen molar-refractivity contribution in [2.75, 3.05) is 0 Å². The van der Waals surface area contributed by atoms with Gasteiger partial charge in [0.05, 0.1) is 6.21 Å². The number of aryl methyl sites for hydroxylation is 1. The molecular formula is C13H18N2OS. The molecule has 1 N–H and O–H groups in total. The molecule has 0 bridgehead atoms. The first-order valence-electron chi connectivity index (χ1n) is 6.14. The van der Waals surface area contributed by atoms with E-state index >= 15 is 0 Å². The van der Waals surface area contributed by atoms with E-state index in [0.717, 1.165) is 17.7 Å². The summed E-state index contributed by atoms with van der Waals surface area (Å²) in [5, 5.41) is 6.06. The molecule has 1 aliphatic carbocycles. The molecule has 1 aromatic rings. The molecule has 3 nitrogen and oxygen atoms in total. The Bertz CT molecular complexity index is 405. The van der Waals surface area contributed by atoms with Gasteiger partial charge in [-0.05, 0) is 36.8 Å². The normalized spacial score (nSPS) is 17.5. The van der Waals surface area contributed by atoms with Crippen LogP contribution in [0.2, 0.25) is 0 Å². The van der Waals surface area contributed by atoms with Crippen LogP contribution in [0.3, 0.4) is 0 Å². The van der Waals surface area contributed by atoms with E-state index in [0.29, 0.717) is 0 Å². The average molecular weight is 250 g/mol. The van der Waals surface area contributed by atoms with Crippen molar-refractivity contribution in [1.82, 2.24) is 5.43 Å². The first kappa shape index (κ1) is 12.3. The molecule has 0 radical (unpaired) electrons. The van der Waals surface area contributed by atoms with Gasteiger partial charge in [-0.1, -0.05) is 19.3 Å². The minimum Gasteiger partial charge on any atom is -0.273 e. The predicted molar refractivity (Wildman–Crippen MR) is 71.4 cm³/mol. The summed E-state index contributed by atoms with van der Waals surface area (Å²) in [7, 11) is 0. The lowest BCUT2D eigenvalue weighted by atomic mass is 9.89. The molecule has 1 heterocycles. The highest BCUT2D eigenvalue weighted by Gasteiger charge is 2.20. The van der Waals surface area contributed by atoms with E-state index in [9.17, 15) is 4.79 Å². The Labute approximate surface area is 106 Å². The minimum atomic E-state index is 0.0789. The van der Waals surface area contributed by atoms with Crippen LogP contribution in [0, 0.1) is 12.8 Å². The van der Waals surface area contributed by atoms with Gasteiger partial charge in [0.1, 0.15) is 0 Å². The van der Waals surface area contributed by atoms with Crippen molar-refractivity contribution in [2.24, 2.45) is 11.0 Å². The molecule has 17 heavy (non-hydrogen) atoms. The van der Waals surface area contributed by atoms with Crippen LogP contribution < -0.4 is 5.43 Å². The second-order valence-electron chi connectivity index (χ2n) is 4.54. The molecule has 0 aliphatic heterocycles. The van der Waals surface area contributed by atoms with Crippen molar-refractivity contribution in [3.8, 4) is 0 Å². The van der Waals surface area contributed by atoms with Gasteiger partial charge in [-0.25, -0.2) is 5.43 Å². The molecule has 1 saturated carbocycles. The third-order valence-electron chi connectivity index (χ3n) is 3.23. The standard InChI is InChI=1S/C13H18N2OS/c1-10-7-8-17-12(10)9-14-15-13(16)11-5-3-2-4-6-11/h7-9,11H,2-6H2,1H3,(H,15,16)/b14-9-. The van der Waals surface area contributed by atoms with E-state index in [1.54, 1.807) is 17.6 Å². The fraction of sp³-hybridized carbons (Fsp3) is 0.538. The van der Waals surface area contributed by atoms with Gasteiger partial charge in [0, 0.05) is 10.8 Å². The summed E-state index contributed by atoms with van der Waals surface area (Å²) in [4.78, 5) is 12.9. The number of hydrazone groups is 1. The van der Waals surface area contributed by atoms with E-state index in [2.05, 4.69) is 16.6 Å². The first-order valence-corrected chi connectivity index (χ1v) is 7.02. The molecule has 1 aliphatic rings. The SMILES string of the molecule is Cc1ccsc1/C=N\NC(=O)C1CCCCC1. The maximum Gasteiger partial charge on any atom is 0.243 e. The van der Waals surface area contributed by atoms with Crippen molar-refractivity contribution < 1.29 is 4.79 Å². The third kappa shape index (κ3) is 3.40. The Kier molecular flexibility index (Phi) is 4.31. The van der Waals surface area contributed by atoms with Gasteiger partial charge in [0.15, 0.2) is 0 Å². The lowest BCUT2D eigenvalue weighted by Gasteiger charge is -2.19. The molecule has 92 valence electrons. The van der Waals surface area contributed by atoms with Crippen LogP contribution in [0.15, 0.2) is 16.5 Å². The molecule has 2 rings (SSSR count). The van der Waals surface area contributed by atoms with Gasteiger partial charge in [0.2, 0.25) is 5.91 Å². The van der Waals surface area contributed by atoms with Crippen LogP contribution >= 0.6 is 11.3 Å². The van der Waals surface area contributed by atoms with Crippen LogP contribution in [0.4, 0.5) is 0 Å². The number of carbonyl (C=O) groups is 1. The molecule has 0 atom stereocenters. The van der Waals surface area contributed by atoms with Gasteiger partial charge in [-0.15, -0.1) is 11.3 Å². The van der Waals surface area contributed by atoms with Crippen LogP contribution in [-0.4, -0.2) is 12.1 Å². The number of nitrogens with zero attached hydrogens (tertiary/aromatic N) is 1. The van der Waals surface area contributed by atoms with Gasteiger partial charge in [0.25, 0.3) is 0 Å². The van der Waals surface area contributed by atoms with Crippen molar-refractivity contribution >= 4 is 23.5 Å². The number of carbonyl (C=O) groups excluding carboxylic acids is 1. The molecule has 1 fully saturated rings. The summed E-state index contributed by atoms with van der Waals surface area (Å²) in [5.74, 6) is 0.250. The summed E-state index contributed by atoms with van der Waals surface area (Å²) < 4.78 is 0. The highest BCUT2D eigenvalue weighted by atomic mass is 32.1. The molecule has 0 unspecified atom stereocenters. The summed E-state index contributed by atoms with van der Waals surface area (Å²) in [6, 6.07) is 2.05. The third-order valence-corrected chi connectivity index (χ3v) is 4.19. The van der Waals surface area contributed by atoms with Gasteiger partial charge < -0.3 is 0 Å². The predicted octanol–water partition coefficient (Wildman–Crippen LogP) is 3.09. The molecular weight excluding hydrogens is 232 g/mol. The van der Waals surface area contributed by atoms with E-state index in [-0.39, 0.29) is 11.8 Å². The number of hydrogen-bond donors (Lipinski definition) is 1. The number of hydrogen-bond acceptors (Lipinski definition) is 3. The van der Waals surface area contributed by atoms with Gasteiger partial charge in [-0.2, -0.15) is 5.10 Å². The molecule has 4 heteroatoms. The minimum absolute atomic E-state index is 0.0789. The second-order valence-corrected chi connectivity index (χ2v) is 5.48. The van der Waals surface area contributed by atoms with Crippen LogP contribution in [0.5, 0.6) is 0 Å². The summed E-state index contributed by atoms with van der Waals surface area (Å²) in [6.07, 6.45) is 7.37. The first-order chi connectivity index (χ1) is 8.27. The second kappa shape index (κ2) is 5.96. The summed E-state index contributed by atoms with van der Waals surface area (Å²) in [5.41, 5.74) is 3.85. The smallest absolute Gasteiger partial charge is 0.243 e. The zero-order valence-corrected chi connectivity index (χ0v) is 10.9. The summed E-state index contributed by atoms with van der Waals surface area (Å²) in [6.45, 7) is 2.04. The van der Waals surface area contributed by atoms with E-state index in [4.69, 9.17) is 0 Å². The van der Waals surface area contributed by atoms with Gasteiger partial charge >= 0.3 is 0 Å². The van der Waals surface area contributed by atoms with E-state index in [1.807, 2.05) is 12.3 Å². The number of thiophene rings is 1. The zero-order valence-electron chi connectivity index (χ0n) is 10.1. The lowest BCUT2D eigenvalue weighted by molar-refractivity contribution is -0.125. The summed E-state index contributed by atoms with van der Waals surface area (Å²) >= 11 is 1.64. The molecule has 1 aromatic heterocycles.